The van der Waals surface area contributed by atoms with Crippen LogP contribution in [-0.2, 0) is 10.0 Å². The van der Waals surface area contributed by atoms with Crippen molar-refractivity contribution in [1.29, 1.82) is 0 Å². The van der Waals surface area contributed by atoms with Crippen molar-refractivity contribution in [3.05, 3.63) is 22.7 Å². The number of anilines is 1. The van der Waals surface area contributed by atoms with Gasteiger partial charge in [0.05, 0.1) is 4.90 Å². The molecule has 4 nitrogen and oxygen atoms in total. The number of halogens is 1. The lowest BCUT2D eigenvalue weighted by Crippen LogP contribution is -2.42. The maximum absolute atomic E-state index is 12.5. The monoisotopic (exact) mass is 360 g/mol. The van der Waals surface area contributed by atoms with Gasteiger partial charge in [0, 0.05) is 16.2 Å². The van der Waals surface area contributed by atoms with E-state index in [1.807, 2.05) is 0 Å². The first-order chi connectivity index (χ1) is 9.29. The van der Waals surface area contributed by atoms with Crippen molar-refractivity contribution in [3.63, 3.8) is 0 Å². The molecule has 1 aromatic carbocycles. The predicted molar refractivity (Wildman–Crippen MR) is 84.8 cm³/mol. The van der Waals surface area contributed by atoms with E-state index in [0.29, 0.717) is 22.0 Å². The van der Waals surface area contributed by atoms with Gasteiger partial charge in [-0.3, -0.25) is 0 Å². The van der Waals surface area contributed by atoms with Crippen LogP contribution in [0.25, 0.3) is 0 Å². The van der Waals surface area contributed by atoms with Crippen LogP contribution in [0.15, 0.2) is 27.6 Å². The van der Waals surface area contributed by atoms with E-state index in [2.05, 4.69) is 34.5 Å². The Balaban J connectivity index is 2.21. The molecule has 0 heterocycles. The smallest absolute Gasteiger partial charge is 0.242 e. The van der Waals surface area contributed by atoms with Crippen LogP contribution in [0, 0.1) is 11.8 Å². The van der Waals surface area contributed by atoms with Crippen LogP contribution in [0.5, 0.6) is 0 Å². The molecule has 1 aliphatic carbocycles. The normalized spacial score (nSPS) is 27.4. The van der Waals surface area contributed by atoms with E-state index in [-0.39, 0.29) is 10.9 Å². The van der Waals surface area contributed by atoms with E-state index in [4.69, 9.17) is 5.73 Å². The number of nitrogens with two attached hydrogens (primary N) is 1. The van der Waals surface area contributed by atoms with E-state index < -0.39 is 10.0 Å². The fraction of sp³-hybridized carbons (Fsp3) is 0.571. The van der Waals surface area contributed by atoms with Crippen molar-refractivity contribution in [2.24, 2.45) is 11.8 Å². The molecule has 0 saturated heterocycles. The molecule has 0 aromatic heterocycles. The zero-order chi connectivity index (χ0) is 14.9. The van der Waals surface area contributed by atoms with Crippen LogP contribution in [-0.4, -0.2) is 14.5 Å². The molecular formula is C14H21BrN2O2S. The van der Waals surface area contributed by atoms with Crippen LogP contribution >= 0.6 is 15.9 Å². The number of hydrogen-bond acceptors (Lipinski definition) is 3. The Labute approximate surface area is 129 Å². The molecule has 0 radical (unpaired) electrons. The lowest BCUT2D eigenvalue weighted by atomic mass is 9.80. The fourth-order valence-corrected chi connectivity index (χ4v) is 5.21. The summed E-state index contributed by atoms with van der Waals surface area (Å²) in [6, 6.07) is 4.83. The van der Waals surface area contributed by atoms with Crippen molar-refractivity contribution in [2.75, 3.05) is 5.73 Å². The van der Waals surface area contributed by atoms with Gasteiger partial charge in [0.2, 0.25) is 10.0 Å². The van der Waals surface area contributed by atoms with Gasteiger partial charge in [-0.2, -0.15) is 0 Å². The standard InChI is InChI=1S/C14H21BrN2O2S/c1-9-3-6-13(10(2)7-9)17-20(18,19)14-8-11(16)4-5-12(14)15/h4-5,8-10,13,17H,3,6-7,16H2,1-2H3. The molecule has 0 amide bonds. The second-order valence-corrected chi connectivity index (χ2v) is 8.35. The van der Waals surface area contributed by atoms with E-state index in [0.717, 1.165) is 19.3 Å². The van der Waals surface area contributed by atoms with Crippen molar-refractivity contribution in [1.82, 2.24) is 4.72 Å². The highest BCUT2D eigenvalue weighted by atomic mass is 79.9. The van der Waals surface area contributed by atoms with E-state index >= 15 is 0 Å². The summed E-state index contributed by atoms with van der Waals surface area (Å²) in [7, 11) is -3.54. The molecule has 6 heteroatoms. The van der Waals surface area contributed by atoms with Crippen LogP contribution in [0.3, 0.4) is 0 Å². The fourth-order valence-electron chi connectivity index (χ4n) is 2.83. The molecule has 1 fully saturated rings. The quantitative estimate of drug-likeness (QED) is 0.813. The van der Waals surface area contributed by atoms with Gasteiger partial charge < -0.3 is 5.73 Å². The van der Waals surface area contributed by atoms with E-state index in [1.165, 1.54) is 6.07 Å². The number of benzene rings is 1. The maximum Gasteiger partial charge on any atom is 0.242 e. The van der Waals surface area contributed by atoms with Gasteiger partial charge in [-0.05, 0) is 65.2 Å². The lowest BCUT2D eigenvalue weighted by molar-refractivity contribution is 0.249. The van der Waals surface area contributed by atoms with Crippen LogP contribution in [0.1, 0.15) is 33.1 Å². The van der Waals surface area contributed by atoms with Gasteiger partial charge in [-0.25, -0.2) is 13.1 Å². The molecule has 0 bridgehead atoms. The van der Waals surface area contributed by atoms with Crippen molar-refractivity contribution >= 4 is 31.6 Å². The number of hydrogen-bond donors (Lipinski definition) is 2. The third kappa shape index (κ3) is 3.54. The van der Waals surface area contributed by atoms with Gasteiger partial charge in [-0.15, -0.1) is 0 Å². The molecule has 20 heavy (non-hydrogen) atoms. The van der Waals surface area contributed by atoms with Gasteiger partial charge in [0.1, 0.15) is 0 Å². The number of nitrogens with one attached hydrogen (secondary N) is 1. The Morgan fingerprint density at radius 1 is 1.30 bits per heavy atom. The third-order valence-corrected chi connectivity index (χ3v) is 6.47. The lowest BCUT2D eigenvalue weighted by Gasteiger charge is -2.33. The zero-order valence-electron chi connectivity index (χ0n) is 11.8. The Hall–Kier alpha value is -0.590. The van der Waals surface area contributed by atoms with Crippen molar-refractivity contribution in [3.8, 4) is 0 Å². The number of rotatable bonds is 3. The van der Waals surface area contributed by atoms with Gasteiger partial charge in [-0.1, -0.05) is 13.8 Å². The maximum atomic E-state index is 12.5. The topological polar surface area (TPSA) is 72.2 Å². The van der Waals surface area contributed by atoms with Crippen molar-refractivity contribution < 1.29 is 8.42 Å². The van der Waals surface area contributed by atoms with Crippen LogP contribution in [0.4, 0.5) is 5.69 Å². The largest absolute Gasteiger partial charge is 0.399 e. The van der Waals surface area contributed by atoms with Gasteiger partial charge >= 0.3 is 0 Å². The number of sulfonamides is 1. The molecule has 1 aromatic rings. The van der Waals surface area contributed by atoms with Crippen LogP contribution < -0.4 is 10.5 Å². The highest BCUT2D eigenvalue weighted by Gasteiger charge is 2.30. The molecule has 1 aliphatic rings. The summed E-state index contributed by atoms with van der Waals surface area (Å²) in [6.07, 6.45) is 3.02. The molecule has 2 rings (SSSR count). The minimum absolute atomic E-state index is 0.00420. The second kappa shape index (κ2) is 6.03. The van der Waals surface area contributed by atoms with Gasteiger partial charge in [0.15, 0.2) is 0 Å². The third-order valence-electron chi connectivity index (χ3n) is 3.98. The van der Waals surface area contributed by atoms with Crippen molar-refractivity contribution in [2.45, 2.75) is 44.0 Å². The second-order valence-electron chi connectivity index (χ2n) is 5.81. The average molecular weight is 361 g/mol. The zero-order valence-corrected chi connectivity index (χ0v) is 14.2. The van der Waals surface area contributed by atoms with E-state index in [1.54, 1.807) is 12.1 Å². The predicted octanol–water partition coefficient (Wildman–Crippen LogP) is 3.13. The summed E-state index contributed by atoms with van der Waals surface area (Å²) >= 11 is 3.28. The first-order valence-corrected chi connectivity index (χ1v) is 9.14. The summed E-state index contributed by atoms with van der Waals surface area (Å²) in [5.74, 6) is 1.03. The minimum atomic E-state index is -3.54. The molecule has 3 N–H and O–H groups in total. The first kappa shape index (κ1) is 15.8. The molecule has 112 valence electrons. The summed E-state index contributed by atoms with van der Waals surface area (Å²) < 4.78 is 28.4. The number of nitrogen functional groups attached to an aromatic ring is 1. The minimum Gasteiger partial charge on any atom is -0.399 e. The summed E-state index contributed by atoms with van der Waals surface area (Å²) in [6.45, 7) is 4.33. The Morgan fingerprint density at radius 3 is 2.65 bits per heavy atom. The Kier molecular flexibility index (Phi) is 4.76. The van der Waals surface area contributed by atoms with E-state index in [9.17, 15) is 8.42 Å². The SMILES string of the molecule is CC1CCC(NS(=O)(=O)c2cc(N)ccc2Br)C(C)C1. The molecular weight excluding hydrogens is 340 g/mol. The first-order valence-electron chi connectivity index (χ1n) is 6.87. The summed E-state index contributed by atoms with van der Waals surface area (Å²) in [5, 5.41) is 0. The highest BCUT2D eigenvalue weighted by molar-refractivity contribution is 9.10. The average Bonchev–Trinajstić information content (AvgIpc) is 2.35. The molecule has 0 aliphatic heterocycles. The molecule has 3 unspecified atom stereocenters. The molecule has 0 spiro atoms. The van der Waals surface area contributed by atoms with Crippen LogP contribution in [0.2, 0.25) is 0 Å². The Morgan fingerprint density at radius 2 is 2.00 bits per heavy atom. The Bertz CT molecular complexity index is 589. The molecule has 1 saturated carbocycles. The summed E-state index contributed by atoms with van der Waals surface area (Å²) in [5.41, 5.74) is 6.13. The molecule has 3 atom stereocenters. The summed E-state index contributed by atoms with van der Waals surface area (Å²) in [4.78, 5) is 0.211. The highest BCUT2D eigenvalue weighted by Crippen LogP contribution is 2.31. The van der Waals surface area contributed by atoms with Gasteiger partial charge in [0.25, 0.3) is 0 Å².